The first-order valence-corrected chi connectivity index (χ1v) is 9.76. The molecule has 1 saturated carbocycles. The number of pyridine rings is 1. The second kappa shape index (κ2) is 8.32. The predicted molar refractivity (Wildman–Crippen MR) is 111 cm³/mol. The van der Waals surface area contributed by atoms with Crippen molar-refractivity contribution < 1.29 is 14.3 Å². The first-order valence-electron chi connectivity index (χ1n) is 9.76. The van der Waals surface area contributed by atoms with Gasteiger partial charge >= 0.3 is 0 Å². The molecule has 0 spiro atoms. The highest BCUT2D eigenvalue weighted by atomic mass is 16.5. The van der Waals surface area contributed by atoms with E-state index in [2.05, 4.69) is 20.3 Å². The number of carbonyl (C=O) groups excluding carboxylic acids is 2. The van der Waals surface area contributed by atoms with Crippen LogP contribution in [-0.2, 0) is 0 Å². The third kappa shape index (κ3) is 4.14. The molecule has 5 N–H and O–H groups in total. The number of nitrogen functional groups attached to an aromatic ring is 1. The molecule has 0 bridgehead atoms. The lowest BCUT2D eigenvalue weighted by atomic mass is 9.92. The third-order valence-electron chi connectivity index (χ3n) is 5.16. The van der Waals surface area contributed by atoms with Gasteiger partial charge in [-0.25, -0.2) is 15.0 Å². The van der Waals surface area contributed by atoms with E-state index in [0.29, 0.717) is 23.7 Å². The number of anilines is 1. The Morgan fingerprint density at radius 3 is 2.57 bits per heavy atom. The first-order chi connectivity index (χ1) is 14.5. The van der Waals surface area contributed by atoms with Gasteiger partial charge in [0.25, 0.3) is 11.8 Å². The molecule has 3 aromatic rings. The van der Waals surface area contributed by atoms with Gasteiger partial charge in [-0.2, -0.15) is 0 Å². The summed E-state index contributed by atoms with van der Waals surface area (Å²) < 4.78 is 5.90. The topological polar surface area (TPSA) is 146 Å². The lowest BCUT2D eigenvalue weighted by Crippen LogP contribution is -2.40. The zero-order valence-corrected chi connectivity index (χ0v) is 16.2. The van der Waals surface area contributed by atoms with Crippen LogP contribution in [0.5, 0.6) is 5.88 Å². The highest BCUT2D eigenvalue weighted by molar-refractivity contribution is 6.04. The van der Waals surface area contributed by atoms with Gasteiger partial charge in [0.2, 0.25) is 11.8 Å². The Morgan fingerprint density at radius 1 is 1.03 bits per heavy atom. The van der Waals surface area contributed by atoms with Crippen molar-refractivity contribution in [2.45, 2.75) is 37.8 Å². The van der Waals surface area contributed by atoms with Gasteiger partial charge in [-0.3, -0.25) is 9.59 Å². The van der Waals surface area contributed by atoms with E-state index in [1.807, 2.05) is 12.1 Å². The molecule has 154 valence electrons. The number of hydrogen-bond acceptors (Lipinski definition) is 7. The van der Waals surface area contributed by atoms with Crippen molar-refractivity contribution >= 4 is 28.7 Å². The highest BCUT2D eigenvalue weighted by Gasteiger charge is 2.26. The van der Waals surface area contributed by atoms with Crippen LogP contribution in [0.25, 0.3) is 10.9 Å². The number of hydrogen-bond donors (Lipinski definition) is 3. The Morgan fingerprint density at radius 2 is 1.80 bits per heavy atom. The minimum absolute atomic E-state index is 0.00774. The number of ether oxygens (including phenoxy) is 1. The van der Waals surface area contributed by atoms with Crippen LogP contribution in [-0.4, -0.2) is 38.9 Å². The summed E-state index contributed by atoms with van der Waals surface area (Å²) in [6.45, 7) is 0. The molecule has 2 heterocycles. The van der Waals surface area contributed by atoms with Crippen LogP contribution in [0.2, 0.25) is 0 Å². The largest absolute Gasteiger partial charge is 0.474 e. The summed E-state index contributed by atoms with van der Waals surface area (Å²) in [4.78, 5) is 36.8. The molecule has 1 aliphatic carbocycles. The molecule has 1 fully saturated rings. The van der Waals surface area contributed by atoms with E-state index in [4.69, 9.17) is 16.2 Å². The monoisotopic (exact) mass is 406 g/mol. The average molecular weight is 406 g/mol. The summed E-state index contributed by atoms with van der Waals surface area (Å²) in [6, 6.07) is 10.5. The van der Waals surface area contributed by atoms with E-state index in [-0.39, 0.29) is 41.1 Å². The zero-order valence-electron chi connectivity index (χ0n) is 16.2. The van der Waals surface area contributed by atoms with Crippen LogP contribution in [0, 0.1) is 0 Å². The van der Waals surface area contributed by atoms with Crippen molar-refractivity contribution in [2.24, 2.45) is 5.73 Å². The first kappa shape index (κ1) is 19.6. The fourth-order valence-corrected chi connectivity index (χ4v) is 3.68. The number of aromatic nitrogens is 3. The van der Waals surface area contributed by atoms with Gasteiger partial charge in [-0.1, -0.05) is 18.2 Å². The van der Waals surface area contributed by atoms with Crippen LogP contribution < -0.4 is 21.5 Å². The van der Waals surface area contributed by atoms with Gasteiger partial charge in [0.15, 0.2) is 0 Å². The van der Waals surface area contributed by atoms with Crippen molar-refractivity contribution in [3.8, 4) is 5.88 Å². The zero-order chi connectivity index (χ0) is 21.1. The quantitative estimate of drug-likeness (QED) is 0.586. The summed E-state index contributed by atoms with van der Waals surface area (Å²) in [6.07, 6.45) is 4.35. The molecule has 2 aromatic heterocycles. The number of fused-ring (bicyclic) bond motifs is 1. The molecule has 0 atom stereocenters. The number of primary amides is 1. The second-order valence-corrected chi connectivity index (χ2v) is 7.23. The Labute approximate surface area is 172 Å². The number of amides is 2. The van der Waals surface area contributed by atoms with E-state index in [9.17, 15) is 9.59 Å². The van der Waals surface area contributed by atoms with Crippen molar-refractivity contribution in [2.75, 3.05) is 5.73 Å². The fraction of sp³-hybridized carbons (Fsp3) is 0.286. The lowest BCUT2D eigenvalue weighted by molar-refractivity contribution is 0.0878. The number of benzene rings is 1. The standard InChI is InChI=1S/C21H22N6O3/c22-18(28)15-5-3-11-24-20(15)30-13-9-7-12(8-10-13)25-19(29)17-14-4-1-2-6-16(14)26-21(23)27-17/h1-6,11-13H,7-10H2,(H2,22,28)(H,25,29)(H2,23,26,27). The van der Waals surface area contributed by atoms with Crippen molar-refractivity contribution in [3.63, 3.8) is 0 Å². The Balaban J connectivity index is 1.39. The fourth-order valence-electron chi connectivity index (χ4n) is 3.68. The van der Waals surface area contributed by atoms with Gasteiger partial charge in [0, 0.05) is 17.6 Å². The molecule has 0 aliphatic heterocycles. The molecule has 0 radical (unpaired) electrons. The van der Waals surface area contributed by atoms with Crippen LogP contribution in [0.4, 0.5) is 5.95 Å². The minimum Gasteiger partial charge on any atom is -0.474 e. The summed E-state index contributed by atoms with van der Waals surface area (Å²) in [7, 11) is 0. The van der Waals surface area contributed by atoms with E-state index >= 15 is 0 Å². The number of nitrogens with two attached hydrogens (primary N) is 2. The molecule has 2 amide bonds. The second-order valence-electron chi connectivity index (χ2n) is 7.23. The maximum atomic E-state index is 12.8. The molecule has 1 aliphatic rings. The third-order valence-corrected chi connectivity index (χ3v) is 5.16. The van der Waals surface area contributed by atoms with Crippen LogP contribution >= 0.6 is 0 Å². The number of nitrogens with zero attached hydrogens (tertiary/aromatic N) is 3. The summed E-state index contributed by atoms with van der Waals surface area (Å²) in [5.74, 6) is -0.530. The number of rotatable bonds is 5. The molecule has 1 aromatic carbocycles. The number of nitrogens with one attached hydrogen (secondary N) is 1. The van der Waals surface area contributed by atoms with Gasteiger partial charge in [-0.05, 0) is 43.9 Å². The minimum atomic E-state index is -0.574. The maximum absolute atomic E-state index is 12.8. The van der Waals surface area contributed by atoms with Crippen LogP contribution in [0.15, 0.2) is 42.6 Å². The Kier molecular flexibility index (Phi) is 5.42. The van der Waals surface area contributed by atoms with Crippen molar-refractivity contribution in [1.29, 1.82) is 0 Å². The Bertz CT molecular complexity index is 1100. The van der Waals surface area contributed by atoms with Crippen molar-refractivity contribution in [1.82, 2.24) is 20.3 Å². The van der Waals surface area contributed by atoms with Gasteiger partial charge < -0.3 is 21.5 Å². The molecule has 0 saturated heterocycles. The maximum Gasteiger partial charge on any atom is 0.270 e. The molecular weight excluding hydrogens is 384 g/mol. The smallest absolute Gasteiger partial charge is 0.270 e. The predicted octanol–water partition coefficient (Wildman–Crippen LogP) is 1.83. The summed E-state index contributed by atoms with van der Waals surface area (Å²) >= 11 is 0. The highest BCUT2D eigenvalue weighted by Crippen LogP contribution is 2.25. The van der Waals surface area contributed by atoms with Crippen LogP contribution in [0.1, 0.15) is 46.5 Å². The number of para-hydroxylation sites is 1. The SMILES string of the molecule is NC(=O)c1cccnc1OC1CCC(NC(=O)c2nc(N)nc3ccccc23)CC1. The molecule has 9 heteroatoms. The van der Waals surface area contributed by atoms with Gasteiger partial charge in [0.05, 0.1) is 5.52 Å². The van der Waals surface area contributed by atoms with E-state index in [0.717, 1.165) is 12.8 Å². The van der Waals surface area contributed by atoms with E-state index in [1.165, 1.54) is 0 Å². The van der Waals surface area contributed by atoms with E-state index < -0.39 is 5.91 Å². The summed E-state index contributed by atoms with van der Waals surface area (Å²) in [5, 5.41) is 3.70. The van der Waals surface area contributed by atoms with Crippen molar-refractivity contribution in [3.05, 3.63) is 53.9 Å². The molecule has 4 rings (SSSR count). The van der Waals surface area contributed by atoms with E-state index in [1.54, 1.807) is 30.5 Å². The van der Waals surface area contributed by atoms with Crippen LogP contribution in [0.3, 0.4) is 0 Å². The lowest BCUT2D eigenvalue weighted by Gasteiger charge is -2.29. The van der Waals surface area contributed by atoms with Gasteiger partial charge in [-0.15, -0.1) is 0 Å². The van der Waals surface area contributed by atoms with Gasteiger partial charge in [0.1, 0.15) is 17.4 Å². The molecule has 30 heavy (non-hydrogen) atoms. The average Bonchev–Trinajstić information content (AvgIpc) is 2.74. The molecule has 0 unspecified atom stereocenters. The number of carbonyl (C=O) groups is 2. The Hall–Kier alpha value is -3.75. The summed E-state index contributed by atoms with van der Waals surface area (Å²) in [5.41, 5.74) is 12.3. The molecule has 9 nitrogen and oxygen atoms in total. The normalized spacial score (nSPS) is 18.7. The molecular formula is C21H22N6O3.